The molecule has 2 saturated heterocycles. The molecule has 2 aliphatic heterocycles. The topological polar surface area (TPSA) is 52.7 Å². The molecule has 0 saturated carbocycles. The molecular weight excluding hydrogens is 406 g/mol. The van der Waals surface area contributed by atoms with Crippen LogP contribution in [0.2, 0.25) is 0 Å². The van der Waals surface area contributed by atoms with E-state index in [0.717, 1.165) is 43.4 Å². The van der Waals surface area contributed by atoms with Crippen LogP contribution in [0.5, 0.6) is 0 Å². The zero-order chi connectivity index (χ0) is 19.2. The van der Waals surface area contributed by atoms with Gasteiger partial charge < -0.3 is 10.2 Å². The summed E-state index contributed by atoms with van der Waals surface area (Å²) in [6.07, 6.45) is 5.11. The van der Waals surface area contributed by atoms with Gasteiger partial charge in [-0.25, -0.2) is 0 Å². The minimum absolute atomic E-state index is 0.0232. The summed E-state index contributed by atoms with van der Waals surface area (Å²) in [5, 5.41) is 3.17. The number of nitrogens with one attached hydrogen (secondary N) is 1. The van der Waals surface area contributed by atoms with Gasteiger partial charge in [-0.1, -0.05) is 22.9 Å². The normalized spacial score (nSPS) is 19.9. The summed E-state index contributed by atoms with van der Waals surface area (Å²) < 4.78 is 0.966. The van der Waals surface area contributed by atoms with E-state index in [1.807, 2.05) is 29.2 Å². The Hall–Kier alpha value is -1.40. The maximum atomic E-state index is 12.6. The SMILES string of the molecule is CCC(CNC(=O)C1CCN(C(=O)c2ccc(Br)cc2)CC1)N1CCCC1. The number of carbonyl (C=O) groups excluding carboxylic acids is 2. The Balaban J connectivity index is 1.44. The predicted octanol–water partition coefficient (Wildman–Crippen LogP) is 3.29. The lowest BCUT2D eigenvalue weighted by Gasteiger charge is -2.32. The van der Waals surface area contributed by atoms with Crippen LogP contribution in [0.4, 0.5) is 0 Å². The van der Waals surface area contributed by atoms with Crippen LogP contribution in [0.1, 0.15) is 49.4 Å². The number of rotatable bonds is 6. The molecule has 1 aromatic carbocycles. The van der Waals surface area contributed by atoms with Gasteiger partial charge in [-0.3, -0.25) is 14.5 Å². The van der Waals surface area contributed by atoms with Crippen molar-refractivity contribution in [2.75, 3.05) is 32.7 Å². The van der Waals surface area contributed by atoms with E-state index in [4.69, 9.17) is 0 Å². The molecule has 1 aromatic rings. The average molecular weight is 436 g/mol. The van der Waals surface area contributed by atoms with Gasteiger partial charge in [0.25, 0.3) is 5.91 Å². The lowest BCUT2D eigenvalue weighted by atomic mass is 9.95. The van der Waals surface area contributed by atoms with Gasteiger partial charge in [0.2, 0.25) is 5.91 Å². The maximum absolute atomic E-state index is 12.6. The Kier molecular flexibility index (Phi) is 7.30. The van der Waals surface area contributed by atoms with Gasteiger partial charge in [-0.15, -0.1) is 0 Å². The van der Waals surface area contributed by atoms with Gasteiger partial charge in [0.1, 0.15) is 0 Å². The molecule has 1 atom stereocenters. The minimum Gasteiger partial charge on any atom is -0.354 e. The van der Waals surface area contributed by atoms with E-state index in [1.54, 1.807) is 0 Å². The summed E-state index contributed by atoms with van der Waals surface area (Å²) in [7, 11) is 0. The van der Waals surface area contributed by atoms with Crippen LogP contribution in [0.25, 0.3) is 0 Å². The molecule has 2 fully saturated rings. The van der Waals surface area contributed by atoms with Crippen LogP contribution in [-0.4, -0.2) is 60.4 Å². The smallest absolute Gasteiger partial charge is 0.253 e. The molecule has 0 bridgehead atoms. The van der Waals surface area contributed by atoms with Crippen LogP contribution in [0.15, 0.2) is 28.7 Å². The maximum Gasteiger partial charge on any atom is 0.253 e. The summed E-state index contributed by atoms with van der Waals surface area (Å²) in [6, 6.07) is 7.91. The monoisotopic (exact) mass is 435 g/mol. The molecule has 0 radical (unpaired) electrons. The number of hydrogen-bond acceptors (Lipinski definition) is 3. The van der Waals surface area contributed by atoms with Crippen molar-refractivity contribution in [1.29, 1.82) is 0 Å². The fraction of sp³-hybridized carbons (Fsp3) is 0.619. The van der Waals surface area contributed by atoms with Gasteiger partial charge in [-0.05, 0) is 69.5 Å². The molecule has 0 aromatic heterocycles. The fourth-order valence-electron chi connectivity index (χ4n) is 4.12. The van der Waals surface area contributed by atoms with Crippen LogP contribution >= 0.6 is 15.9 Å². The highest BCUT2D eigenvalue weighted by molar-refractivity contribution is 9.10. The summed E-state index contributed by atoms with van der Waals surface area (Å²) in [4.78, 5) is 29.5. The molecule has 1 N–H and O–H groups in total. The van der Waals surface area contributed by atoms with Crippen molar-refractivity contribution >= 4 is 27.7 Å². The molecule has 2 amide bonds. The Labute approximate surface area is 170 Å². The molecule has 148 valence electrons. The van der Waals surface area contributed by atoms with Crippen molar-refractivity contribution in [1.82, 2.24) is 15.1 Å². The zero-order valence-electron chi connectivity index (χ0n) is 16.1. The van der Waals surface area contributed by atoms with Gasteiger partial charge >= 0.3 is 0 Å². The van der Waals surface area contributed by atoms with Crippen molar-refractivity contribution in [3.8, 4) is 0 Å². The highest BCUT2D eigenvalue weighted by Gasteiger charge is 2.28. The van der Waals surface area contributed by atoms with E-state index in [-0.39, 0.29) is 17.7 Å². The second kappa shape index (κ2) is 9.69. The molecule has 0 spiro atoms. The number of benzene rings is 1. The fourth-order valence-corrected chi connectivity index (χ4v) is 4.39. The van der Waals surface area contributed by atoms with Crippen LogP contribution in [0.3, 0.4) is 0 Å². The first-order valence-corrected chi connectivity index (χ1v) is 10.9. The Morgan fingerprint density at radius 1 is 1.11 bits per heavy atom. The van der Waals surface area contributed by atoms with Crippen molar-refractivity contribution < 1.29 is 9.59 Å². The van der Waals surface area contributed by atoms with E-state index in [0.29, 0.717) is 24.7 Å². The number of halogens is 1. The molecule has 2 heterocycles. The van der Waals surface area contributed by atoms with Gasteiger partial charge in [0, 0.05) is 41.6 Å². The summed E-state index contributed by atoms with van der Waals surface area (Å²) in [5.41, 5.74) is 0.706. The third-order valence-electron chi connectivity index (χ3n) is 5.88. The molecule has 0 aliphatic carbocycles. The van der Waals surface area contributed by atoms with E-state index in [1.165, 1.54) is 12.8 Å². The highest BCUT2D eigenvalue weighted by atomic mass is 79.9. The zero-order valence-corrected chi connectivity index (χ0v) is 17.7. The summed E-state index contributed by atoms with van der Waals surface area (Å²) in [5.74, 6) is 0.236. The van der Waals surface area contributed by atoms with E-state index < -0.39 is 0 Å². The first-order valence-electron chi connectivity index (χ1n) is 10.1. The number of piperidine rings is 1. The standard InChI is InChI=1S/C21H30BrN3O2/c1-2-19(24-11-3-4-12-24)15-23-20(26)16-9-13-25(14-10-16)21(27)17-5-7-18(22)8-6-17/h5-8,16,19H,2-4,9-15H2,1H3,(H,23,26). The lowest BCUT2D eigenvalue weighted by Crippen LogP contribution is -2.46. The van der Waals surface area contributed by atoms with Gasteiger partial charge in [0.05, 0.1) is 0 Å². The molecular formula is C21H30BrN3O2. The molecule has 2 aliphatic rings. The second-order valence-corrected chi connectivity index (χ2v) is 8.54. The predicted molar refractivity (Wildman–Crippen MR) is 111 cm³/mol. The second-order valence-electron chi connectivity index (χ2n) is 7.62. The van der Waals surface area contributed by atoms with E-state index >= 15 is 0 Å². The van der Waals surface area contributed by atoms with E-state index in [9.17, 15) is 9.59 Å². The highest BCUT2D eigenvalue weighted by Crippen LogP contribution is 2.21. The van der Waals surface area contributed by atoms with Crippen molar-refractivity contribution in [3.05, 3.63) is 34.3 Å². The Bertz CT molecular complexity index is 635. The largest absolute Gasteiger partial charge is 0.354 e. The molecule has 3 rings (SSSR count). The van der Waals surface area contributed by atoms with Gasteiger partial charge in [0.15, 0.2) is 0 Å². The summed E-state index contributed by atoms with van der Waals surface area (Å²) >= 11 is 3.39. The van der Waals surface area contributed by atoms with Crippen LogP contribution in [0, 0.1) is 5.92 Å². The number of likely N-dealkylation sites (tertiary alicyclic amines) is 2. The number of nitrogens with zero attached hydrogens (tertiary/aromatic N) is 2. The third kappa shape index (κ3) is 5.32. The lowest BCUT2D eigenvalue weighted by molar-refractivity contribution is -0.126. The number of carbonyl (C=O) groups is 2. The van der Waals surface area contributed by atoms with Gasteiger partial charge in [-0.2, -0.15) is 0 Å². The van der Waals surface area contributed by atoms with Crippen LogP contribution < -0.4 is 5.32 Å². The van der Waals surface area contributed by atoms with Crippen molar-refractivity contribution in [3.63, 3.8) is 0 Å². The van der Waals surface area contributed by atoms with Crippen molar-refractivity contribution in [2.24, 2.45) is 5.92 Å². The minimum atomic E-state index is 0.0232. The molecule has 6 heteroatoms. The average Bonchev–Trinajstić information content (AvgIpc) is 3.23. The molecule has 5 nitrogen and oxygen atoms in total. The Morgan fingerprint density at radius 2 is 1.74 bits per heavy atom. The first kappa shape index (κ1) is 20.3. The Morgan fingerprint density at radius 3 is 2.33 bits per heavy atom. The van der Waals surface area contributed by atoms with E-state index in [2.05, 4.69) is 33.1 Å². The quantitative estimate of drug-likeness (QED) is 0.745. The molecule has 1 unspecified atom stereocenters. The summed E-state index contributed by atoms with van der Waals surface area (Å²) in [6.45, 7) is 6.55. The molecule has 27 heavy (non-hydrogen) atoms. The number of amides is 2. The van der Waals surface area contributed by atoms with Crippen LogP contribution in [-0.2, 0) is 4.79 Å². The van der Waals surface area contributed by atoms with Crippen molar-refractivity contribution in [2.45, 2.75) is 45.1 Å². The number of hydrogen-bond donors (Lipinski definition) is 1. The first-order chi connectivity index (χ1) is 13.1. The third-order valence-corrected chi connectivity index (χ3v) is 6.41.